The molecule has 0 radical (unpaired) electrons. The van der Waals surface area contributed by atoms with Crippen LogP contribution in [0, 0.1) is 13.8 Å². The highest BCUT2D eigenvalue weighted by Crippen LogP contribution is 2.23. The number of aryl methyl sites for hydroxylation is 2. The third kappa shape index (κ3) is 4.65. The number of hydrogen-bond acceptors (Lipinski definition) is 2. The molecule has 1 N–H and O–H groups in total. The van der Waals surface area contributed by atoms with E-state index in [4.69, 9.17) is 27.9 Å². The minimum absolute atomic E-state index is 0.266. The van der Waals surface area contributed by atoms with Gasteiger partial charge in [-0.1, -0.05) is 29.3 Å². The number of anilines is 1. The SMILES string of the molecule is Cc1cc(C)cc(OC(C)C(=O)Nc2cc(Cl)cc(Cl)c2)c1. The van der Waals surface area contributed by atoms with Gasteiger partial charge in [-0.15, -0.1) is 0 Å². The van der Waals surface area contributed by atoms with Gasteiger partial charge in [0.1, 0.15) is 5.75 Å². The van der Waals surface area contributed by atoms with Gasteiger partial charge in [-0.25, -0.2) is 0 Å². The molecule has 0 heterocycles. The lowest BCUT2D eigenvalue weighted by molar-refractivity contribution is -0.122. The normalized spacial score (nSPS) is 11.9. The van der Waals surface area contributed by atoms with Crippen LogP contribution in [0.2, 0.25) is 10.0 Å². The van der Waals surface area contributed by atoms with E-state index in [9.17, 15) is 4.79 Å². The van der Waals surface area contributed by atoms with Crippen molar-refractivity contribution in [1.29, 1.82) is 0 Å². The Balaban J connectivity index is 2.05. The van der Waals surface area contributed by atoms with Gasteiger partial charge in [0, 0.05) is 15.7 Å². The first-order valence-electron chi connectivity index (χ1n) is 6.85. The van der Waals surface area contributed by atoms with Crippen LogP contribution in [-0.2, 0) is 4.79 Å². The summed E-state index contributed by atoms with van der Waals surface area (Å²) in [7, 11) is 0. The van der Waals surface area contributed by atoms with E-state index >= 15 is 0 Å². The molecule has 1 amide bonds. The molecule has 2 aromatic carbocycles. The zero-order chi connectivity index (χ0) is 16.3. The number of benzene rings is 2. The summed E-state index contributed by atoms with van der Waals surface area (Å²) >= 11 is 11.8. The van der Waals surface area contributed by atoms with Crippen LogP contribution < -0.4 is 10.1 Å². The molecule has 0 fully saturated rings. The number of hydrogen-bond donors (Lipinski definition) is 1. The van der Waals surface area contributed by atoms with Crippen molar-refractivity contribution in [3.8, 4) is 5.75 Å². The maximum Gasteiger partial charge on any atom is 0.265 e. The number of carbonyl (C=O) groups excluding carboxylic acids is 1. The molecule has 0 aromatic heterocycles. The zero-order valence-corrected chi connectivity index (χ0v) is 14.1. The Kier molecular flexibility index (Phi) is 5.33. The fourth-order valence-electron chi connectivity index (χ4n) is 2.13. The molecular weight excluding hydrogens is 321 g/mol. The first-order chi connectivity index (χ1) is 10.3. The van der Waals surface area contributed by atoms with Crippen molar-refractivity contribution >= 4 is 34.8 Å². The van der Waals surface area contributed by atoms with Crippen LogP contribution in [0.15, 0.2) is 36.4 Å². The number of amides is 1. The summed E-state index contributed by atoms with van der Waals surface area (Å²) in [6, 6.07) is 10.7. The molecule has 2 rings (SSSR count). The van der Waals surface area contributed by atoms with Crippen LogP contribution in [0.4, 0.5) is 5.69 Å². The molecule has 116 valence electrons. The lowest BCUT2D eigenvalue weighted by Gasteiger charge is -2.16. The molecule has 3 nitrogen and oxygen atoms in total. The van der Waals surface area contributed by atoms with E-state index in [2.05, 4.69) is 5.32 Å². The van der Waals surface area contributed by atoms with E-state index in [-0.39, 0.29) is 5.91 Å². The van der Waals surface area contributed by atoms with Gasteiger partial charge in [-0.05, 0) is 62.2 Å². The summed E-state index contributed by atoms with van der Waals surface area (Å²) in [5.74, 6) is 0.404. The van der Waals surface area contributed by atoms with E-state index in [1.165, 1.54) is 0 Å². The van der Waals surface area contributed by atoms with Crippen molar-refractivity contribution in [3.63, 3.8) is 0 Å². The monoisotopic (exact) mass is 337 g/mol. The zero-order valence-electron chi connectivity index (χ0n) is 12.6. The molecule has 0 saturated heterocycles. The number of rotatable bonds is 4. The lowest BCUT2D eigenvalue weighted by atomic mass is 10.1. The quantitative estimate of drug-likeness (QED) is 0.850. The summed E-state index contributed by atoms with van der Waals surface area (Å²) in [5.41, 5.74) is 2.71. The summed E-state index contributed by atoms with van der Waals surface area (Å²) < 4.78 is 5.69. The van der Waals surface area contributed by atoms with Crippen molar-refractivity contribution in [1.82, 2.24) is 0 Å². The maximum atomic E-state index is 12.2. The van der Waals surface area contributed by atoms with Gasteiger partial charge in [0.25, 0.3) is 5.91 Å². The van der Waals surface area contributed by atoms with E-state index in [1.807, 2.05) is 32.0 Å². The predicted molar refractivity (Wildman–Crippen MR) is 91.1 cm³/mol. The van der Waals surface area contributed by atoms with E-state index < -0.39 is 6.10 Å². The molecule has 5 heteroatoms. The Bertz CT molecular complexity index is 661. The number of halogens is 2. The molecule has 22 heavy (non-hydrogen) atoms. The fourth-order valence-corrected chi connectivity index (χ4v) is 2.65. The smallest absolute Gasteiger partial charge is 0.265 e. The number of ether oxygens (including phenoxy) is 1. The lowest BCUT2D eigenvalue weighted by Crippen LogP contribution is -2.30. The average Bonchev–Trinajstić information content (AvgIpc) is 2.35. The second kappa shape index (κ2) is 7.03. The summed E-state index contributed by atoms with van der Waals surface area (Å²) in [4.78, 5) is 12.2. The maximum absolute atomic E-state index is 12.2. The molecule has 2 aromatic rings. The highest BCUT2D eigenvalue weighted by atomic mass is 35.5. The Morgan fingerprint density at radius 1 is 1.00 bits per heavy atom. The van der Waals surface area contributed by atoms with Crippen molar-refractivity contribution in [2.75, 3.05) is 5.32 Å². The first kappa shape index (κ1) is 16.7. The molecule has 0 aliphatic carbocycles. The third-order valence-corrected chi connectivity index (χ3v) is 3.44. The Morgan fingerprint density at radius 2 is 1.55 bits per heavy atom. The molecular formula is C17H17Cl2NO2. The van der Waals surface area contributed by atoms with Gasteiger partial charge in [-0.2, -0.15) is 0 Å². The topological polar surface area (TPSA) is 38.3 Å². The van der Waals surface area contributed by atoms with Gasteiger partial charge in [-0.3, -0.25) is 4.79 Å². The first-order valence-corrected chi connectivity index (χ1v) is 7.61. The molecule has 0 bridgehead atoms. The molecule has 0 spiro atoms. The molecule has 0 aliphatic rings. The van der Waals surface area contributed by atoms with Crippen molar-refractivity contribution in [3.05, 3.63) is 57.6 Å². The molecule has 1 unspecified atom stereocenters. The fraction of sp³-hybridized carbons (Fsp3) is 0.235. The van der Waals surface area contributed by atoms with E-state index in [1.54, 1.807) is 25.1 Å². The molecule has 0 saturated carbocycles. The van der Waals surface area contributed by atoms with Crippen LogP contribution in [0.1, 0.15) is 18.1 Å². The van der Waals surface area contributed by atoms with Gasteiger partial charge in [0.15, 0.2) is 6.10 Å². The van der Waals surface area contributed by atoms with E-state index in [0.29, 0.717) is 21.5 Å². The Hall–Kier alpha value is -1.71. The van der Waals surface area contributed by atoms with Crippen LogP contribution in [-0.4, -0.2) is 12.0 Å². The van der Waals surface area contributed by atoms with Gasteiger partial charge >= 0.3 is 0 Å². The highest BCUT2D eigenvalue weighted by molar-refractivity contribution is 6.35. The Morgan fingerprint density at radius 3 is 2.09 bits per heavy atom. The minimum atomic E-state index is -0.640. The minimum Gasteiger partial charge on any atom is -0.481 e. The van der Waals surface area contributed by atoms with Crippen LogP contribution in [0.5, 0.6) is 5.75 Å². The predicted octanol–water partition coefficient (Wildman–Crippen LogP) is 5.02. The molecule has 1 atom stereocenters. The van der Waals surface area contributed by atoms with Gasteiger partial charge in [0.05, 0.1) is 0 Å². The largest absolute Gasteiger partial charge is 0.481 e. The van der Waals surface area contributed by atoms with Crippen molar-refractivity contribution in [2.45, 2.75) is 26.9 Å². The summed E-state index contributed by atoms with van der Waals surface area (Å²) in [6.45, 7) is 5.66. The highest BCUT2D eigenvalue weighted by Gasteiger charge is 2.15. The standard InChI is InChI=1S/C17H17Cl2NO2/c1-10-4-11(2)6-16(5-10)22-12(3)17(21)20-15-8-13(18)7-14(19)9-15/h4-9,12H,1-3H3,(H,20,21). The summed E-state index contributed by atoms with van der Waals surface area (Å²) in [5, 5.41) is 3.67. The van der Waals surface area contributed by atoms with Crippen molar-refractivity contribution < 1.29 is 9.53 Å². The second-order valence-corrected chi connectivity index (χ2v) is 6.10. The second-order valence-electron chi connectivity index (χ2n) is 5.23. The van der Waals surface area contributed by atoms with E-state index in [0.717, 1.165) is 11.1 Å². The summed E-state index contributed by atoms with van der Waals surface area (Å²) in [6.07, 6.45) is -0.640. The Labute approximate surface area is 140 Å². The van der Waals surface area contributed by atoms with Crippen LogP contribution in [0.25, 0.3) is 0 Å². The van der Waals surface area contributed by atoms with Gasteiger partial charge in [0.2, 0.25) is 0 Å². The van der Waals surface area contributed by atoms with Crippen LogP contribution >= 0.6 is 23.2 Å². The third-order valence-electron chi connectivity index (χ3n) is 3.01. The molecule has 0 aliphatic heterocycles. The number of nitrogens with one attached hydrogen (secondary N) is 1. The van der Waals surface area contributed by atoms with Crippen molar-refractivity contribution in [2.24, 2.45) is 0 Å². The van der Waals surface area contributed by atoms with Crippen LogP contribution in [0.3, 0.4) is 0 Å². The van der Waals surface area contributed by atoms with Gasteiger partial charge < -0.3 is 10.1 Å². The average molecular weight is 338 g/mol. The number of carbonyl (C=O) groups is 1.